The van der Waals surface area contributed by atoms with Crippen molar-refractivity contribution < 1.29 is 9.90 Å². The zero-order valence-electron chi connectivity index (χ0n) is 9.39. The van der Waals surface area contributed by atoms with E-state index >= 15 is 0 Å². The van der Waals surface area contributed by atoms with Crippen molar-refractivity contribution in [3.05, 3.63) is 29.8 Å². The summed E-state index contributed by atoms with van der Waals surface area (Å²) in [7, 11) is 0. The van der Waals surface area contributed by atoms with Gasteiger partial charge in [-0.2, -0.15) is 0 Å². The van der Waals surface area contributed by atoms with Crippen molar-refractivity contribution in [3.63, 3.8) is 0 Å². The van der Waals surface area contributed by atoms with E-state index in [2.05, 4.69) is 24.0 Å². The quantitative estimate of drug-likeness (QED) is 0.784. The lowest BCUT2D eigenvalue weighted by atomic mass is 10.1. The molecule has 16 heavy (non-hydrogen) atoms. The number of carboxylic acid groups (broad SMARTS) is 1. The number of rotatable bonds is 1. The molecule has 0 aliphatic carbocycles. The fraction of sp³-hybridized carbons (Fsp3) is 0.417. The van der Waals surface area contributed by atoms with Crippen LogP contribution >= 0.6 is 0 Å². The van der Waals surface area contributed by atoms with Gasteiger partial charge in [-0.1, -0.05) is 18.2 Å². The zero-order chi connectivity index (χ0) is 11.5. The Hall–Kier alpha value is -1.71. The molecule has 0 spiro atoms. The largest absolute Gasteiger partial charge is 0.465 e. The van der Waals surface area contributed by atoms with Crippen molar-refractivity contribution in [2.24, 2.45) is 0 Å². The first-order valence-electron chi connectivity index (χ1n) is 5.47. The minimum Gasteiger partial charge on any atom is -0.465 e. The molecule has 1 saturated heterocycles. The van der Waals surface area contributed by atoms with Gasteiger partial charge in [0, 0.05) is 31.9 Å². The number of nitrogens with zero attached hydrogens (tertiary/aromatic N) is 2. The van der Waals surface area contributed by atoms with Crippen LogP contribution in [0.5, 0.6) is 0 Å². The SMILES string of the molecule is Cc1ccccc1N1CCN(C(=O)O)CC1. The first-order valence-corrected chi connectivity index (χ1v) is 5.47. The molecule has 0 atom stereocenters. The Morgan fingerprint density at radius 1 is 1.19 bits per heavy atom. The highest BCUT2D eigenvalue weighted by molar-refractivity contribution is 5.65. The number of amides is 1. The topological polar surface area (TPSA) is 43.8 Å². The van der Waals surface area contributed by atoms with E-state index < -0.39 is 6.09 Å². The number of benzene rings is 1. The first-order chi connectivity index (χ1) is 7.68. The molecule has 0 saturated carbocycles. The van der Waals surface area contributed by atoms with Gasteiger partial charge >= 0.3 is 6.09 Å². The van der Waals surface area contributed by atoms with E-state index in [1.165, 1.54) is 16.2 Å². The summed E-state index contributed by atoms with van der Waals surface area (Å²) in [6, 6.07) is 8.21. The van der Waals surface area contributed by atoms with Crippen molar-refractivity contribution in [3.8, 4) is 0 Å². The third-order valence-electron chi connectivity index (χ3n) is 3.01. The molecule has 4 nitrogen and oxygen atoms in total. The van der Waals surface area contributed by atoms with Gasteiger partial charge < -0.3 is 14.9 Å². The van der Waals surface area contributed by atoms with Gasteiger partial charge in [-0.15, -0.1) is 0 Å². The van der Waals surface area contributed by atoms with Gasteiger partial charge in [0.1, 0.15) is 0 Å². The molecule has 1 amide bonds. The van der Waals surface area contributed by atoms with Crippen molar-refractivity contribution in [2.75, 3.05) is 31.1 Å². The molecular formula is C12H16N2O2. The van der Waals surface area contributed by atoms with Crippen LogP contribution in [0.3, 0.4) is 0 Å². The monoisotopic (exact) mass is 220 g/mol. The summed E-state index contributed by atoms with van der Waals surface area (Å²) in [4.78, 5) is 14.5. The first kappa shape index (κ1) is 10.8. The number of piperazine rings is 1. The number of hydrogen-bond acceptors (Lipinski definition) is 2. The molecule has 1 fully saturated rings. The highest BCUT2D eigenvalue weighted by Crippen LogP contribution is 2.20. The smallest absolute Gasteiger partial charge is 0.407 e. The van der Waals surface area contributed by atoms with E-state index in [1.807, 2.05) is 12.1 Å². The third-order valence-corrected chi connectivity index (χ3v) is 3.01. The van der Waals surface area contributed by atoms with E-state index in [9.17, 15) is 4.79 Å². The number of aryl methyl sites for hydroxylation is 1. The predicted molar refractivity (Wildman–Crippen MR) is 63.0 cm³/mol. The summed E-state index contributed by atoms with van der Waals surface area (Å²) < 4.78 is 0. The Morgan fingerprint density at radius 2 is 1.81 bits per heavy atom. The number of carbonyl (C=O) groups is 1. The molecule has 1 aromatic carbocycles. The third kappa shape index (κ3) is 2.10. The van der Waals surface area contributed by atoms with Crippen LogP contribution in [0, 0.1) is 6.92 Å². The maximum absolute atomic E-state index is 10.8. The van der Waals surface area contributed by atoms with Gasteiger partial charge in [0.05, 0.1) is 0 Å². The molecule has 0 unspecified atom stereocenters. The van der Waals surface area contributed by atoms with E-state index in [4.69, 9.17) is 5.11 Å². The second-order valence-electron chi connectivity index (χ2n) is 4.04. The zero-order valence-corrected chi connectivity index (χ0v) is 9.39. The second-order valence-corrected chi connectivity index (χ2v) is 4.04. The maximum atomic E-state index is 10.8. The minimum absolute atomic E-state index is 0.587. The summed E-state index contributed by atoms with van der Waals surface area (Å²) >= 11 is 0. The number of anilines is 1. The van der Waals surface area contributed by atoms with Crippen molar-refractivity contribution in [2.45, 2.75) is 6.92 Å². The lowest BCUT2D eigenvalue weighted by molar-refractivity contribution is 0.142. The molecule has 1 heterocycles. The minimum atomic E-state index is -0.815. The Morgan fingerprint density at radius 3 is 2.38 bits per heavy atom. The van der Waals surface area contributed by atoms with Gasteiger partial charge in [-0.05, 0) is 18.6 Å². The summed E-state index contributed by atoms with van der Waals surface area (Å²) in [6.45, 7) is 4.81. The number of para-hydroxylation sites is 1. The molecule has 1 aromatic rings. The summed E-state index contributed by atoms with van der Waals surface area (Å²) in [5, 5.41) is 8.86. The fourth-order valence-corrected chi connectivity index (χ4v) is 2.06. The van der Waals surface area contributed by atoms with Gasteiger partial charge in [0.25, 0.3) is 0 Å². The van der Waals surface area contributed by atoms with Crippen LogP contribution in [0.1, 0.15) is 5.56 Å². The molecule has 1 N–H and O–H groups in total. The van der Waals surface area contributed by atoms with Crippen LogP contribution in [-0.4, -0.2) is 42.3 Å². The summed E-state index contributed by atoms with van der Waals surface area (Å²) in [6.07, 6.45) is -0.815. The average molecular weight is 220 g/mol. The van der Waals surface area contributed by atoms with Crippen molar-refractivity contribution in [1.82, 2.24) is 4.90 Å². The van der Waals surface area contributed by atoms with Crippen LogP contribution < -0.4 is 4.90 Å². The average Bonchev–Trinajstić information content (AvgIpc) is 2.30. The Balaban J connectivity index is 2.05. The maximum Gasteiger partial charge on any atom is 0.407 e. The molecular weight excluding hydrogens is 204 g/mol. The second kappa shape index (κ2) is 4.43. The van der Waals surface area contributed by atoms with E-state index in [1.54, 1.807) is 0 Å². The normalized spacial score (nSPS) is 16.3. The molecule has 86 valence electrons. The van der Waals surface area contributed by atoms with Crippen LogP contribution in [0.25, 0.3) is 0 Å². The Bertz CT molecular complexity index is 384. The van der Waals surface area contributed by atoms with Crippen LogP contribution in [0.4, 0.5) is 10.5 Å². The van der Waals surface area contributed by atoms with Crippen molar-refractivity contribution in [1.29, 1.82) is 0 Å². The molecule has 2 rings (SSSR count). The lowest BCUT2D eigenvalue weighted by Gasteiger charge is -2.35. The number of hydrogen-bond donors (Lipinski definition) is 1. The molecule has 0 radical (unpaired) electrons. The molecule has 0 bridgehead atoms. The van der Waals surface area contributed by atoms with Crippen LogP contribution in [-0.2, 0) is 0 Å². The lowest BCUT2D eigenvalue weighted by Crippen LogP contribution is -2.48. The van der Waals surface area contributed by atoms with E-state index in [0.29, 0.717) is 13.1 Å². The van der Waals surface area contributed by atoms with Gasteiger partial charge in [0.2, 0.25) is 0 Å². The van der Waals surface area contributed by atoms with Crippen LogP contribution in [0.2, 0.25) is 0 Å². The van der Waals surface area contributed by atoms with Gasteiger partial charge in [-0.25, -0.2) is 4.79 Å². The Labute approximate surface area is 95.1 Å². The van der Waals surface area contributed by atoms with Crippen LogP contribution in [0.15, 0.2) is 24.3 Å². The summed E-state index contributed by atoms with van der Waals surface area (Å²) in [5.74, 6) is 0. The predicted octanol–water partition coefficient (Wildman–Crippen LogP) is 1.80. The fourth-order valence-electron chi connectivity index (χ4n) is 2.06. The summed E-state index contributed by atoms with van der Waals surface area (Å²) in [5.41, 5.74) is 2.46. The highest BCUT2D eigenvalue weighted by atomic mass is 16.4. The Kier molecular flexibility index (Phi) is 2.99. The molecule has 0 aromatic heterocycles. The van der Waals surface area contributed by atoms with Gasteiger partial charge in [0.15, 0.2) is 0 Å². The highest BCUT2D eigenvalue weighted by Gasteiger charge is 2.20. The molecule has 1 aliphatic rings. The van der Waals surface area contributed by atoms with Crippen molar-refractivity contribution >= 4 is 11.8 Å². The molecule has 4 heteroatoms. The molecule has 1 aliphatic heterocycles. The van der Waals surface area contributed by atoms with E-state index in [0.717, 1.165) is 13.1 Å². The standard InChI is InChI=1S/C12H16N2O2/c1-10-4-2-3-5-11(10)13-6-8-14(9-7-13)12(15)16/h2-5H,6-9H2,1H3,(H,15,16). The van der Waals surface area contributed by atoms with Gasteiger partial charge in [-0.3, -0.25) is 0 Å². The van der Waals surface area contributed by atoms with E-state index in [-0.39, 0.29) is 0 Å².